The summed E-state index contributed by atoms with van der Waals surface area (Å²) in [4.78, 5) is 13.0. The lowest BCUT2D eigenvalue weighted by atomic mass is 10.2. The molecule has 2 aromatic carbocycles. The van der Waals surface area contributed by atoms with Gasteiger partial charge in [0.05, 0.1) is 16.2 Å². The van der Waals surface area contributed by atoms with Crippen LogP contribution in [0.5, 0.6) is 0 Å². The van der Waals surface area contributed by atoms with Crippen molar-refractivity contribution in [1.82, 2.24) is 4.98 Å². The summed E-state index contributed by atoms with van der Waals surface area (Å²) in [5.74, 6) is 0. The smallest absolute Gasteiger partial charge is 0.146 e. The van der Waals surface area contributed by atoms with Gasteiger partial charge in [-0.05, 0) is 38.1 Å². The molecule has 0 aliphatic carbocycles. The van der Waals surface area contributed by atoms with Crippen molar-refractivity contribution in [2.45, 2.75) is 19.5 Å². The lowest BCUT2D eigenvalue weighted by Crippen LogP contribution is -2.19. The minimum atomic E-state index is -0.246. The Labute approximate surface area is 123 Å². The summed E-state index contributed by atoms with van der Waals surface area (Å²) in [6, 6.07) is 20.0. The molecule has 0 N–H and O–H groups in total. The first-order chi connectivity index (χ1) is 10.1. The van der Waals surface area contributed by atoms with E-state index in [-0.39, 0.29) is 5.66 Å². The Hall–Kier alpha value is -2.55. The standard InChI is InChI=1S/C9H10N2.C9H7N/c1-9(2)10-7-5-3-4-6-8(7)11-9;1-2-6-9-8(4-1)5-3-7-10-9/h3-6H,1-2H3;1-7H. The Morgan fingerprint density at radius 2 is 1.29 bits per heavy atom. The highest BCUT2D eigenvalue weighted by Gasteiger charge is 2.16. The molecule has 0 saturated heterocycles. The average molecular weight is 275 g/mol. The molecule has 1 aromatic heterocycles. The fourth-order valence-electron chi connectivity index (χ4n) is 2.28. The lowest BCUT2D eigenvalue weighted by Gasteiger charge is -2.06. The van der Waals surface area contributed by atoms with Gasteiger partial charge in [0.25, 0.3) is 0 Å². The van der Waals surface area contributed by atoms with Crippen LogP contribution in [0.4, 0.5) is 0 Å². The lowest BCUT2D eigenvalue weighted by molar-refractivity contribution is 0.549. The summed E-state index contributed by atoms with van der Waals surface area (Å²) in [6.07, 6.45) is 1.81. The molecular weight excluding hydrogens is 258 g/mol. The molecule has 0 spiro atoms. The molecule has 0 amide bonds. The van der Waals surface area contributed by atoms with Gasteiger partial charge in [-0.25, -0.2) is 0 Å². The molecule has 0 fully saturated rings. The molecule has 0 atom stereocenters. The van der Waals surface area contributed by atoms with Crippen LogP contribution in [0.2, 0.25) is 0 Å². The van der Waals surface area contributed by atoms with Gasteiger partial charge in [0.1, 0.15) is 5.66 Å². The first-order valence-electron chi connectivity index (χ1n) is 6.99. The van der Waals surface area contributed by atoms with Gasteiger partial charge >= 0.3 is 0 Å². The van der Waals surface area contributed by atoms with Crippen molar-refractivity contribution in [3.63, 3.8) is 0 Å². The molecule has 104 valence electrons. The normalized spacial score (nSPS) is 14.4. The second kappa shape index (κ2) is 5.44. The highest BCUT2D eigenvalue weighted by molar-refractivity contribution is 5.77. The molecule has 3 aromatic rings. The van der Waals surface area contributed by atoms with Crippen LogP contribution in [-0.4, -0.2) is 10.6 Å². The van der Waals surface area contributed by atoms with E-state index < -0.39 is 0 Å². The van der Waals surface area contributed by atoms with Crippen LogP contribution >= 0.6 is 0 Å². The highest BCUT2D eigenvalue weighted by Crippen LogP contribution is 2.09. The summed E-state index contributed by atoms with van der Waals surface area (Å²) >= 11 is 0. The van der Waals surface area contributed by atoms with Crippen molar-refractivity contribution in [3.8, 4) is 0 Å². The number of para-hydroxylation sites is 3. The third kappa shape index (κ3) is 3.14. The molecule has 0 bridgehead atoms. The fraction of sp³-hybridized carbons (Fsp3) is 0.167. The van der Waals surface area contributed by atoms with Crippen molar-refractivity contribution in [2.24, 2.45) is 9.98 Å². The molecule has 4 rings (SSSR count). The maximum Gasteiger partial charge on any atom is 0.146 e. The molecule has 1 aliphatic rings. The number of hydrogen-bond acceptors (Lipinski definition) is 3. The number of aromatic nitrogens is 1. The summed E-state index contributed by atoms with van der Waals surface area (Å²) in [5, 5.41) is 3.22. The Balaban J connectivity index is 0.000000126. The van der Waals surface area contributed by atoms with Crippen molar-refractivity contribution >= 4 is 10.9 Å². The zero-order valence-electron chi connectivity index (χ0n) is 12.2. The minimum absolute atomic E-state index is 0.246. The van der Waals surface area contributed by atoms with Gasteiger partial charge in [-0.2, -0.15) is 0 Å². The number of pyridine rings is 1. The number of rotatable bonds is 0. The van der Waals surface area contributed by atoms with E-state index in [2.05, 4.69) is 27.1 Å². The molecule has 21 heavy (non-hydrogen) atoms. The van der Waals surface area contributed by atoms with Crippen molar-refractivity contribution in [2.75, 3.05) is 0 Å². The van der Waals surface area contributed by atoms with E-state index in [1.807, 2.05) is 68.6 Å². The molecule has 3 nitrogen and oxygen atoms in total. The number of fused-ring (bicyclic) bond motifs is 2. The summed E-state index contributed by atoms with van der Waals surface area (Å²) < 4.78 is 0. The van der Waals surface area contributed by atoms with E-state index in [9.17, 15) is 0 Å². The number of hydrogen-bond donors (Lipinski definition) is 0. The van der Waals surface area contributed by atoms with Crippen LogP contribution in [0.25, 0.3) is 10.9 Å². The zero-order chi connectivity index (χ0) is 14.7. The second-order valence-corrected chi connectivity index (χ2v) is 5.40. The van der Waals surface area contributed by atoms with Crippen LogP contribution in [0.1, 0.15) is 13.8 Å². The largest absolute Gasteiger partial charge is 0.256 e. The Kier molecular flexibility index (Phi) is 3.48. The van der Waals surface area contributed by atoms with E-state index in [0.717, 1.165) is 16.2 Å². The maximum atomic E-state index is 4.42. The van der Waals surface area contributed by atoms with Crippen LogP contribution in [0, 0.1) is 0 Å². The van der Waals surface area contributed by atoms with Gasteiger partial charge in [-0.3, -0.25) is 15.0 Å². The van der Waals surface area contributed by atoms with E-state index in [1.165, 1.54) is 5.39 Å². The highest BCUT2D eigenvalue weighted by atomic mass is 15.1. The van der Waals surface area contributed by atoms with Gasteiger partial charge in [0.2, 0.25) is 0 Å². The predicted octanol–water partition coefficient (Wildman–Crippen LogP) is 2.91. The minimum Gasteiger partial charge on any atom is -0.256 e. The van der Waals surface area contributed by atoms with Crippen LogP contribution in [0.3, 0.4) is 0 Å². The summed E-state index contributed by atoms with van der Waals surface area (Å²) in [6.45, 7) is 4.01. The topological polar surface area (TPSA) is 37.6 Å². The maximum absolute atomic E-state index is 4.42. The monoisotopic (exact) mass is 275 g/mol. The Bertz CT molecular complexity index is 780. The average Bonchev–Trinajstić information content (AvgIpc) is 2.82. The van der Waals surface area contributed by atoms with Crippen LogP contribution in [0.15, 0.2) is 76.8 Å². The van der Waals surface area contributed by atoms with Gasteiger partial charge in [-0.15, -0.1) is 0 Å². The quantitative estimate of drug-likeness (QED) is 0.621. The third-order valence-corrected chi connectivity index (χ3v) is 3.18. The SMILES string of the molecule is CC1(C)N=c2ccccc2=N1.c1ccc2ncccc2c1. The van der Waals surface area contributed by atoms with Crippen molar-refractivity contribution in [1.29, 1.82) is 0 Å². The molecule has 2 heterocycles. The molecule has 0 radical (unpaired) electrons. The summed E-state index contributed by atoms with van der Waals surface area (Å²) in [5.41, 5.74) is 0.814. The Morgan fingerprint density at radius 3 is 1.95 bits per heavy atom. The molecule has 0 unspecified atom stereocenters. The Morgan fingerprint density at radius 1 is 0.714 bits per heavy atom. The van der Waals surface area contributed by atoms with Crippen LogP contribution < -0.4 is 10.7 Å². The van der Waals surface area contributed by atoms with Crippen molar-refractivity contribution in [3.05, 3.63) is 77.6 Å². The molecule has 3 heteroatoms. The zero-order valence-corrected chi connectivity index (χ0v) is 12.2. The van der Waals surface area contributed by atoms with Gasteiger partial charge in [0.15, 0.2) is 0 Å². The second-order valence-electron chi connectivity index (χ2n) is 5.40. The first kappa shape index (κ1) is 13.4. The molecule has 1 aliphatic heterocycles. The number of benzene rings is 2. The van der Waals surface area contributed by atoms with E-state index in [4.69, 9.17) is 0 Å². The van der Waals surface area contributed by atoms with Gasteiger partial charge < -0.3 is 0 Å². The van der Waals surface area contributed by atoms with E-state index in [0.29, 0.717) is 0 Å². The predicted molar refractivity (Wildman–Crippen MR) is 84.6 cm³/mol. The third-order valence-electron chi connectivity index (χ3n) is 3.18. The van der Waals surface area contributed by atoms with Crippen LogP contribution in [-0.2, 0) is 0 Å². The van der Waals surface area contributed by atoms with Gasteiger partial charge in [-0.1, -0.05) is 36.4 Å². The van der Waals surface area contributed by atoms with E-state index in [1.54, 1.807) is 0 Å². The van der Waals surface area contributed by atoms with Crippen molar-refractivity contribution < 1.29 is 0 Å². The first-order valence-corrected chi connectivity index (χ1v) is 6.99. The molecule has 0 saturated carbocycles. The number of nitrogens with zero attached hydrogens (tertiary/aromatic N) is 3. The van der Waals surface area contributed by atoms with E-state index >= 15 is 0 Å². The summed E-state index contributed by atoms with van der Waals surface area (Å²) in [7, 11) is 0. The fourth-order valence-corrected chi connectivity index (χ4v) is 2.28. The molecular formula is C18H17N3. The van der Waals surface area contributed by atoms with Gasteiger partial charge in [0, 0.05) is 11.6 Å².